The van der Waals surface area contributed by atoms with Crippen molar-refractivity contribution in [3.05, 3.63) is 35.4 Å². The first-order valence-corrected chi connectivity index (χ1v) is 9.18. The van der Waals surface area contributed by atoms with E-state index >= 15 is 0 Å². The van der Waals surface area contributed by atoms with E-state index in [1.165, 1.54) is 6.08 Å². The fourth-order valence-corrected chi connectivity index (χ4v) is 2.49. The number of carbonyl (C=O) groups excluding carboxylic acids is 2. The van der Waals surface area contributed by atoms with Crippen molar-refractivity contribution in [2.75, 3.05) is 7.11 Å². The Hall–Kier alpha value is -2.30. The van der Waals surface area contributed by atoms with Crippen molar-refractivity contribution in [3.8, 4) is 5.75 Å². The van der Waals surface area contributed by atoms with Crippen molar-refractivity contribution in [2.24, 2.45) is 0 Å². The van der Waals surface area contributed by atoms with Crippen LogP contribution >= 0.6 is 0 Å². The molecule has 5 nitrogen and oxygen atoms in total. The molecule has 0 N–H and O–H groups in total. The Labute approximate surface area is 156 Å². The lowest BCUT2D eigenvalue weighted by Gasteiger charge is -2.16. The Kier molecular flexibility index (Phi) is 9.48. The molecule has 0 saturated heterocycles. The van der Waals surface area contributed by atoms with Crippen LogP contribution in [0.1, 0.15) is 58.9 Å². The molecule has 0 aliphatic heterocycles. The number of benzene rings is 1. The average Bonchev–Trinajstić information content (AvgIpc) is 2.60. The van der Waals surface area contributed by atoms with Crippen LogP contribution in [0.4, 0.5) is 0 Å². The highest BCUT2D eigenvalue weighted by Gasteiger charge is 2.24. The Bertz CT molecular complexity index is 575. The van der Waals surface area contributed by atoms with E-state index in [9.17, 15) is 9.59 Å². The van der Waals surface area contributed by atoms with E-state index in [4.69, 9.17) is 14.2 Å². The molecule has 0 radical (unpaired) electrons. The smallest absolute Gasteiger partial charge is 0.345 e. The highest BCUT2D eigenvalue weighted by molar-refractivity contribution is 6.17. The Morgan fingerprint density at radius 3 is 1.77 bits per heavy atom. The molecular weight excluding hydrogens is 332 g/mol. The number of ether oxygens (including phenoxy) is 3. The van der Waals surface area contributed by atoms with Crippen LogP contribution in [0.3, 0.4) is 0 Å². The third kappa shape index (κ3) is 7.30. The molecule has 5 heteroatoms. The van der Waals surface area contributed by atoms with Crippen LogP contribution < -0.4 is 4.74 Å². The second kappa shape index (κ2) is 11.3. The quantitative estimate of drug-likeness (QED) is 0.265. The molecule has 2 unspecified atom stereocenters. The van der Waals surface area contributed by atoms with E-state index in [0.29, 0.717) is 11.3 Å². The van der Waals surface area contributed by atoms with Crippen LogP contribution in [0.2, 0.25) is 0 Å². The van der Waals surface area contributed by atoms with E-state index < -0.39 is 11.9 Å². The number of esters is 2. The van der Waals surface area contributed by atoms with Crippen LogP contribution in [0.25, 0.3) is 6.08 Å². The van der Waals surface area contributed by atoms with E-state index in [0.717, 1.165) is 25.7 Å². The van der Waals surface area contributed by atoms with Crippen LogP contribution in [-0.4, -0.2) is 31.3 Å². The summed E-state index contributed by atoms with van der Waals surface area (Å²) in [6, 6.07) is 7.06. The number of hydrogen-bond acceptors (Lipinski definition) is 5. The third-order valence-electron chi connectivity index (χ3n) is 3.87. The molecule has 0 aliphatic carbocycles. The fraction of sp³-hybridized carbons (Fsp3) is 0.524. The summed E-state index contributed by atoms with van der Waals surface area (Å²) < 4.78 is 15.9. The summed E-state index contributed by atoms with van der Waals surface area (Å²) in [5.41, 5.74) is 0.599. The lowest BCUT2D eigenvalue weighted by Crippen LogP contribution is -2.24. The first kappa shape index (κ1) is 21.7. The van der Waals surface area contributed by atoms with Gasteiger partial charge in [-0.15, -0.1) is 0 Å². The molecule has 0 aromatic heterocycles. The van der Waals surface area contributed by atoms with Gasteiger partial charge in [-0.05, 0) is 50.5 Å². The lowest BCUT2D eigenvalue weighted by atomic mass is 10.1. The maximum atomic E-state index is 12.5. The predicted molar refractivity (Wildman–Crippen MR) is 102 cm³/mol. The highest BCUT2D eigenvalue weighted by atomic mass is 16.6. The zero-order valence-corrected chi connectivity index (χ0v) is 16.4. The molecule has 0 heterocycles. The van der Waals surface area contributed by atoms with Gasteiger partial charge in [0, 0.05) is 0 Å². The molecule has 1 rings (SSSR count). The van der Waals surface area contributed by atoms with Crippen LogP contribution in [-0.2, 0) is 19.1 Å². The van der Waals surface area contributed by atoms with E-state index in [1.54, 1.807) is 31.4 Å². The lowest BCUT2D eigenvalue weighted by molar-refractivity contribution is -0.151. The second-order valence-corrected chi connectivity index (χ2v) is 6.34. The van der Waals surface area contributed by atoms with Crippen molar-refractivity contribution in [1.29, 1.82) is 0 Å². The maximum absolute atomic E-state index is 12.5. The van der Waals surface area contributed by atoms with Crippen molar-refractivity contribution < 1.29 is 23.8 Å². The summed E-state index contributed by atoms with van der Waals surface area (Å²) in [4.78, 5) is 25.0. The van der Waals surface area contributed by atoms with Gasteiger partial charge >= 0.3 is 11.9 Å². The Balaban J connectivity index is 3.04. The molecule has 26 heavy (non-hydrogen) atoms. The van der Waals surface area contributed by atoms with E-state index in [-0.39, 0.29) is 17.8 Å². The van der Waals surface area contributed by atoms with Crippen LogP contribution in [0.5, 0.6) is 5.75 Å². The summed E-state index contributed by atoms with van der Waals surface area (Å²) >= 11 is 0. The summed E-state index contributed by atoms with van der Waals surface area (Å²) in [7, 11) is 1.58. The van der Waals surface area contributed by atoms with Gasteiger partial charge < -0.3 is 14.2 Å². The molecule has 1 aromatic carbocycles. The zero-order chi connectivity index (χ0) is 19.5. The SMILES string of the molecule is CCCC(C)OC(=O)C(=Cc1ccc(OC)cc1)C(=O)OC(C)CCC. The third-order valence-corrected chi connectivity index (χ3v) is 3.87. The fourth-order valence-electron chi connectivity index (χ4n) is 2.49. The molecule has 0 bridgehead atoms. The second-order valence-electron chi connectivity index (χ2n) is 6.34. The molecule has 2 atom stereocenters. The van der Waals surface area contributed by atoms with Gasteiger partial charge in [0.25, 0.3) is 0 Å². The first-order valence-electron chi connectivity index (χ1n) is 9.18. The summed E-state index contributed by atoms with van der Waals surface area (Å²) in [5.74, 6) is -0.618. The summed E-state index contributed by atoms with van der Waals surface area (Å²) in [5, 5.41) is 0. The predicted octanol–water partition coefficient (Wildman–Crippen LogP) is 4.54. The van der Waals surface area contributed by atoms with Crippen LogP contribution in [0, 0.1) is 0 Å². The minimum atomic E-state index is -0.657. The van der Waals surface area contributed by atoms with Gasteiger partial charge in [0.2, 0.25) is 0 Å². The molecular formula is C21H30O5. The molecule has 1 aromatic rings. The molecule has 0 aliphatic rings. The summed E-state index contributed by atoms with van der Waals surface area (Å²) in [6.07, 6.45) is 4.25. The molecule has 144 valence electrons. The number of carbonyl (C=O) groups is 2. The average molecular weight is 362 g/mol. The standard InChI is InChI=1S/C21H30O5/c1-6-8-15(3)25-20(22)19(21(23)26-16(4)9-7-2)14-17-10-12-18(24-5)13-11-17/h10-16H,6-9H2,1-5H3. The van der Waals surface area contributed by atoms with Crippen molar-refractivity contribution >= 4 is 18.0 Å². The number of hydrogen-bond donors (Lipinski definition) is 0. The minimum Gasteiger partial charge on any atom is -0.497 e. The first-order chi connectivity index (χ1) is 12.4. The van der Waals surface area contributed by atoms with Crippen molar-refractivity contribution in [3.63, 3.8) is 0 Å². The molecule has 0 spiro atoms. The number of rotatable bonds is 10. The largest absolute Gasteiger partial charge is 0.497 e. The maximum Gasteiger partial charge on any atom is 0.345 e. The van der Waals surface area contributed by atoms with E-state index in [2.05, 4.69) is 0 Å². The molecule has 0 saturated carbocycles. The topological polar surface area (TPSA) is 61.8 Å². The number of methoxy groups -OCH3 is 1. The van der Waals surface area contributed by atoms with Gasteiger partial charge in [0.15, 0.2) is 0 Å². The Morgan fingerprint density at radius 1 is 0.923 bits per heavy atom. The van der Waals surface area contributed by atoms with Crippen LogP contribution in [0.15, 0.2) is 29.8 Å². The zero-order valence-electron chi connectivity index (χ0n) is 16.4. The van der Waals surface area contributed by atoms with Gasteiger partial charge in [-0.25, -0.2) is 9.59 Å². The minimum absolute atomic E-state index is 0.0962. The van der Waals surface area contributed by atoms with E-state index in [1.807, 2.05) is 27.7 Å². The molecule has 0 fully saturated rings. The van der Waals surface area contributed by atoms with Crippen molar-refractivity contribution in [2.45, 2.75) is 65.6 Å². The molecule has 0 amide bonds. The monoisotopic (exact) mass is 362 g/mol. The van der Waals surface area contributed by atoms with Gasteiger partial charge in [0.05, 0.1) is 19.3 Å². The van der Waals surface area contributed by atoms with Gasteiger partial charge in [-0.2, -0.15) is 0 Å². The van der Waals surface area contributed by atoms with Gasteiger partial charge in [0.1, 0.15) is 11.3 Å². The highest BCUT2D eigenvalue weighted by Crippen LogP contribution is 2.17. The van der Waals surface area contributed by atoms with Crippen molar-refractivity contribution in [1.82, 2.24) is 0 Å². The summed E-state index contributed by atoms with van der Waals surface area (Å²) in [6.45, 7) is 7.66. The normalized spacial score (nSPS) is 12.7. The van der Waals surface area contributed by atoms with Gasteiger partial charge in [-0.1, -0.05) is 38.8 Å². The van der Waals surface area contributed by atoms with Gasteiger partial charge in [-0.3, -0.25) is 0 Å². The Morgan fingerprint density at radius 2 is 1.38 bits per heavy atom.